The van der Waals surface area contributed by atoms with Crippen LogP contribution < -0.4 is 0 Å². The van der Waals surface area contributed by atoms with Crippen LogP contribution in [0, 0.1) is 0 Å². The molecule has 6 heteroatoms. The standard InChI is InChI=1S/C19H30BrN3O2/c1-6-16-14(2)7-8-15(20)13-21-17(16)22-9-11-23(12-10-22)18(24)25-19(3,4)5/h13H,6-12H2,1-5H3/b15-13-,16-14?,21-17?. The second kappa shape index (κ2) is 8.39. The van der Waals surface area contributed by atoms with Gasteiger partial charge in [-0.25, -0.2) is 9.79 Å². The van der Waals surface area contributed by atoms with Gasteiger partial charge in [0, 0.05) is 36.9 Å². The molecule has 0 radical (unpaired) electrons. The smallest absolute Gasteiger partial charge is 0.410 e. The van der Waals surface area contributed by atoms with Crippen molar-refractivity contribution in [2.24, 2.45) is 4.99 Å². The highest BCUT2D eigenvalue weighted by atomic mass is 79.9. The van der Waals surface area contributed by atoms with Crippen molar-refractivity contribution in [1.82, 2.24) is 9.80 Å². The molecule has 0 atom stereocenters. The largest absolute Gasteiger partial charge is 0.444 e. The molecular weight excluding hydrogens is 382 g/mol. The number of halogens is 1. The zero-order valence-electron chi connectivity index (χ0n) is 16.1. The molecule has 1 saturated heterocycles. The molecule has 1 amide bonds. The highest BCUT2D eigenvalue weighted by molar-refractivity contribution is 9.11. The van der Waals surface area contributed by atoms with Crippen LogP contribution in [0.15, 0.2) is 26.8 Å². The third-order valence-electron chi connectivity index (χ3n) is 4.44. The van der Waals surface area contributed by atoms with Gasteiger partial charge in [-0.2, -0.15) is 0 Å². The highest BCUT2D eigenvalue weighted by Crippen LogP contribution is 2.25. The summed E-state index contributed by atoms with van der Waals surface area (Å²) in [4.78, 5) is 21.1. The van der Waals surface area contributed by atoms with E-state index in [2.05, 4.69) is 34.7 Å². The summed E-state index contributed by atoms with van der Waals surface area (Å²) in [6, 6.07) is 0. The number of nitrogens with zero attached hydrogens (tertiary/aromatic N) is 3. The maximum Gasteiger partial charge on any atom is 0.410 e. The van der Waals surface area contributed by atoms with Crippen molar-refractivity contribution in [3.05, 3.63) is 21.8 Å². The maximum absolute atomic E-state index is 12.2. The molecule has 25 heavy (non-hydrogen) atoms. The number of amides is 1. The lowest BCUT2D eigenvalue weighted by Crippen LogP contribution is -2.52. The molecule has 1 fully saturated rings. The zero-order valence-corrected chi connectivity index (χ0v) is 17.6. The van der Waals surface area contributed by atoms with Gasteiger partial charge in [-0.1, -0.05) is 28.4 Å². The van der Waals surface area contributed by atoms with Crippen LogP contribution in [-0.2, 0) is 4.74 Å². The number of amidine groups is 1. The van der Waals surface area contributed by atoms with Crippen LogP contribution in [-0.4, -0.2) is 53.5 Å². The number of carbonyl (C=O) groups excluding carboxylic acids is 1. The van der Waals surface area contributed by atoms with Crippen LogP contribution in [0.2, 0.25) is 0 Å². The Hall–Kier alpha value is -1.30. The van der Waals surface area contributed by atoms with E-state index in [9.17, 15) is 4.79 Å². The summed E-state index contributed by atoms with van der Waals surface area (Å²) < 4.78 is 6.61. The van der Waals surface area contributed by atoms with E-state index >= 15 is 0 Å². The van der Waals surface area contributed by atoms with Crippen molar-refractivity contribution < 1.29 is 9.53 Å². The Morgan fingerprint density at radius 2 is 1.88 bits per heavy atom. The minimum atomic E-state index is -0.454. The second-order valence-electron chi connectivity index (χ2n) is 7.60. The molecule has 140 valence electrons. The summed E-state index contributed by atoms with van der Waals surface area (Å²) in [6.07, 6.45) is 4.73. The van der Waals surface area contributed by atoms with Gasteiger partial charge in [-0.15, -0.1) is 0 Å². The summed E-state index contributed by atoms with van der Waals surface area (Å²) >= 11 is 3.59. The SMILES string of the molecule is CCC1=C(C)CC/C(Br)=C/N=C1N1CCN(C(=O)OC(C)(C)C)CC1. The van der Waals surface area contributed by atoms with Gasteiger partial charge in [-0.3, -0.25) is 0 Å². The number of carbonyl (C=O) groups is 1. The van der Waals surface area contributed by atoms with Crippen molar-refractivity contribution in [2.45, 2.75) is 59.5 Å². The van der Waals surface area contributed by atoms with Gasteiger partial charge < -0.3 is 14.5 Å². The molecular formula is C19H30BrN3O2. The Balaban J connectivity index is 2.10. The number of hydrogen-bond acceptors (Lipinski definition) is 4. The molecule has 0 aromatic carbocycles. The fourth-order valence-electron chi connectivity index (χ4n) is 3.08. The average molecular weight is 412 g/mol. The van der Waals surface area contributed by atoms with E-state index in [1.165, 1.54) is 11.1 Å². The van der Waals surface area contributed by atoms with Gasteiger partial charge in [0.15, 0.2) is 0 Å². The molecule has 0 aromatic heterocycles. The number of allylic oxidation sites excluding steroid dienone is 2. The molecule has 2 rings (SSSR count). The quantitative estimate of drug-likeness (QED) is 0.628. The van der Waals surface area contributed by atoms with Gasteiger partial charge in [-0.05, 0) is 52.5 Å². The monoisotopic (exact) mass is 411 g/mol. The topological polar surface area (TPSA) is 45.1 Å². The van der Waals surface area contributed by atoms with Gasteiger partial charge >= 0.3 is 6.09 Å². The van der Waals surface area contributed by atoms with Crippen LogP contribution in [0.1, 0.15) is 53.9 Å². The molecule has 0 saturated carbocycles. The molecule has 2 aliphatic rings. The molecule has 2 heterocycles. The van der Waals surface area contributed by atoms with Crippen LogP contribution in [0.25, 0.3) is 0 Å². The summed E-state index contributed by atoms with van der Waals surface area (Å²) in [5, 5.41) is 0. The molecule has 2 aliphatic heterocycles. The fourth-order valence-corrected chi connectivity index (χ4v) is 3.38. The highest BCUT2D eigenvalue weighted by Gasteiger charge is 2.28. The molecule has 0 aromatic rings. The van der Waals surface area contributed by atoms with Crippen molar-refractivity contribution in [3.63, 3.8) is 0 Å². The van der Waals surface area contributed by atoms with Crippen LogP contribution in [0.5, 0.6) is 0 Å². The Labute approximate surface area is 159 Å². The minimum Gasteiger partial charge on any atom is -0.444 e. The first-order chi connectivity index (χ1) is 11.7. The summed E-state index contributed by atoms with van der Waals surface area (Å²) in [5.74, 6) is 1.06. The number of ether oxygens (including phenoxy) is 1. The Bertz CT molecular complexity index is 594. The fraction of sp³-hybridized carbons (Fsp3) is 0.684. The normalized spacial score (nSPS) is 22.0. The lowest BCUT2D eigenvalue weighted by molar-refractivity contribution is 0.0187. The van der Waals surface area contributed by atoms with E-state index in [1.54, 1.807) is 4.90 Å². The van der Waals surface area contributed by atoms with Gasteiger partial charge in [0.1, 0.15) is 11.4 Å². The first-order valence-electron chi connectivity index (χ1n) is 9.05. The molecule has 0 bridgehead atoms. The van der Waals surface area contributed by atoms with Crippen molar-refractivity contribution in [1.29, 1.82) is 0 Å². The average Bonchev–Trinajstić information content (AvgIpc) is 2.53. The Kier molecular flexibility index (Phi) is 6.72. The number of hydrogen-bond donors (Lipinski definition) is 0. The molecule has 0 spiro atoms. The molecule has 0 unspecified atom stereocenters. The van der Waals surface area contributed by atoms with E-state index in [4.69, 9.17) is 9.73 Å². The third kappa shape index (κ3) is 5.59. The van der Waals surface area contributed by atoms with E-state index in [0.717, 1.165) is 42.7 Å². The van der Waals surface area contributed by atoms with E-state index in [-0.39, 0.29) is 6.09 Å². The van der Waals surface area contributed by atoms with Crippen molar-refractivity contribution in [2.75, 3.05) is 26.2 Å². The molecule has 5 nitrogen and oxygen atoms in total. The van der Waals surface area contributed by atoms with Crippen LogP contribution >= 0.6 is 15.9 Å². The van der Waals surface area contributed by atoms with Gasteiger partial charge in [0.05, 0.1) is 0 Å². The molecule has 0 aliphatic carbocycles. The van der Waals surface area contributed by atoms with Gasteiger partial charge in [0.2, 0.25) is 0 Å². The zero-order chi connectivity index (χ0) is 18.6. The summed E-state index contributed by atoms with van der Waals surface area (Å²) in [7, 11) is 0. The Morgan fingerprint density at radius 1 is 1.24 bits per heavy atom. The van der Waals surface area contributed by atoms with Crippen LogP contribution in [0.4, 0.5) is 4.79 Å². The number of piperazine rings is 1. The third-order valence-corrected chi connectivity index (χ3v) is 5.04. The number of rotatable bonds is 1. The number of aliphatic imine (C=N–C) groups is 1. The lowest BCUT2D eigenvalue weighted by Gasteiger charge is -2.38. The summed E-state index contributed by atoms with van der Waals surface area (Å²) in [5.41, 5.74) is 2.28. The van der Waals surface area contributed by atoms with Crippen molar-refractivity contribution in [3.8, 4) is 0 Å². The second-order valence-corrected chi connectivity index (χ2v) is 8.61. The van der Waals surface area contributed by atoms with Crippen LogP contribution in [0.3, 0.4) is 0 Å². The Morgan fingerprint density at radius 3 is 2.44 bits per heavy atom. The van der Waals surface area contributed by atoms with E-state index in [1.807, 2.05) is 27.0 Å². The lowest BCUT2D eigenvalue weighted by atomic mass is 9.99. The van der Waals surface area contributed by atoms with Gasteiger partial charge in [0.25, 0.3) is 0 Å². The predicted octanol–water partition coefficient (Wildman–Crippen LogP) is 4.69. The first-order valence-corrected chi connectivity index (χ1v) is 9.84. The van der Waals surface area contributed by atoms with E-state index in [0.29, 0.717) is 13.1 Å². The summed E-state index contributed by atoms with van der Waals surface area (Å²) in [6.45, 7) is 13.0. The van der Waals surface area contributed by atoms with E-state index < -0.39 is 5.60 Å². The predicted molar refractivity (Wildman–Crippen MR) is 106 cm³/mol. The maximum atomic E-state index is 12.2. The first kappa shape index (κ1) is 20.0. The minimum absolute atomic E-state index is 0.225. The van der Waals surface area contributed by atoms with Crippen molar-refractivity contribution >= 4 is 27.9 Å². The molecule has 0 N–H and O–H groups in total.